The largest absolute Gasteiger partial charge is 0.465 e. The number of carbonyl (C=O) groups is 1. The lowest BCUT2D eigenvalue weighted by molar-refractivity contribution is 0.195. The number of benzene rings is 1. The van der Waals surface area contributed by atoms with Crippen LogP contribution in [0.5, 0.6) is 0 Å². The van der Waals surface area contributed by atoms with E-state index < -0.39 is 21.9 Å². The number of aromatic nitrogens is 2. The van der Waals surface area contributed by atoms with Crippen LogP contribution in [0.3, 0.4) is 0 Å². The van der Waals surface area contributed by atoms with Gasteiger partial charge in [0.1, 0.15) is 5.83 Å². The summed E-state index contributed by atoms with van der Waals surface area (Å²) in [5.74, 6) is -0.484. The summed E-state index contributed by atoms with van der Waals surface area (Å²) in [4.78, 5) is 10.4. The van der Waals surface area contributed by atoms with Gasteiger partial charge in [-0.2, -0.15) is 5.10 Å². The second-order valence-electron chi connectivity index (χ2n) is 6.39. The fraction of sp³-hybridized carbons (Fsp3) is 0.333. The average Bonchev–Trinajstić information content (AvgIpc) is 2.82. The smallest absolute Gasteiger partial charge is 0.404 e. The quantitative estimate of drug-likeness (QED) is 0.619. The van der Waals surface area contributed by atoms with Crippen molar-refractivity contribution < 1.29 is 22.7 Å². The summed E-state index contributed by atoms with van der Waals surface area (Å²) in [5, 5.41) is 14.9. The molecule has 1 aromatic heterocycles. The molecule has 0 aliphatic heterocycles. The normalized spacial score (nSPS) is 12.1. The first kappa shape index (κ1) is 21.4. The molecule has 2 rings (SSSR count). The summed E-state index contributed by atoms with van der Waals surface area (Å²) in [6.07, 6.45) is 1.61. The molecule has 10 heteroatoms. The molecular weight excluding hydrogens is 387 g/mol. The van der Waals surface area contributed by atoms with Crippen molar-refractivity contribution in [3.63, 3.8) is 0 Å². The molecular formula is C18H23FN4O4S. The zero-order valence-electron chi connectivity index (χ0n) is 15.9. The van der Waals surface area contributed by atoms with Gasteiger partial charge >= 0.3 is 6.09 Å². The number of hydrogen-bond acceptors (Lipinski definition) is 4. The summed E-state index contributed by atoms with van der Waals surface area (Å²) >= 11 is 0. The van der Waals surface area contributed by atoms with Crippen LogP contribution in [-0.2, 0) is 23.0 Å². The van der Waals surface area contributed by atoms with E-state index >= 15 is 0 Å². The number of halogens is 1. The van der Waals surface area contributed by atoms with E-state index in [-0.39, 0.29) is 13.1 Å². The van der Waals surface area contributed by atoms with Crippen molar-refractivity contribution in [1.29, 1.82) is 0 Å². The topological polar surface area (TPSA) is 113 Å². The minimum absolute atomic E-state index is 0.0782. The van der Waals surface area contributed by atoms with E-state index in [1.165, 1.54) is 4.68 Å². The highest BCUT2D eigenvalue weighted by Gasteiger charge is 2.13. The molecule has 1 aromatic carbocycles. The summed E-state index contributed by atoms with van der Waals surface area (Å²) in [5.41, 5.74) is 3.99. The lowest BCUT2D eigenvalue weighted by atomic mass is 10.0. The summed E-state index contributed by atoms with van der Waals surface area (Å²) in [6.45, 7) is 3.50. The van der Waals surface area contributed by atoms with Crippen LogP contribution < -0.4 is 10.0 Å². The van der Waals surface area contributed by atoms with Gasteiger partial charge in [0.2, 0.25) is 10.0 Å². The van der Waals surface area contributed by atoms with Crippen LogP contribution in [0, 0.1) is 13.8 Å². The zero-order valence-corrected chi connectivity index (χ0v) is 16.7. The molecule has 2 aromatic rings. The minimum atomic E-state index is -3.32. The van der Waals surface area contributed by atoms with Gasteiger partial charge in [-0.25, -0.2) is 17.6 Å². The highest BCUT2D eigenvalue weighted by atomic mass is 32.2. The third-order valence-corrected chi connectivity index (χ3v) is 4.65. The van der Waals surface area contributed by atoms with Crippen molar-refractivity contribution in [3.05, 3.63) is 58.7 Å². The molecule has 28 heavy (non-hydrogen) atoms. The maximum Gasteiger partial charge on any atom is 0.404 e. The van der Waals surface area contributed by atoms with E-state index in [1.807, 2.05) is 26.0 Å². The standard InChI is InChI=1S/C18H23FN4O4S/c1-12-17(10-14-4-6-16(7-5-14)22-28(3,26)27)13(2)23(21-12)11-15(19)8-9-20-18(24)25/h4-8,20,22H,9-11H2,1-3H3,(H,24,25)/b15-8-. The fourth-order valence-corrected chi connectivity index (χ4v) is 3.27. The van der Waals surface area contributed by atoms with Crippen molar-refractivity contribution in [2.75, 3.05) is 17.5 Å². The number of nitrogens with one attached hydrogen (secondary N) is 2. The molecule has 152 valence electrons. The van der Waals surface area contributed by atoms with Crippen LogP contribution in [0.15, 0.2) is 36.2 Å². The first-order chi connectivity index (χ1) is 13.0. The van der Waals surface area contributed by atoms with Gasteiger partial charge in [0.15, 0.2) is 0 Å². The first-order valence-corrected chi connectivity index (χ1v) is 10.3. The number of rotatable bonds is 8. The van der Waals surface area contributed by atoms with Crippen LogP contribution >= 0.6 is 0 Å². The predicted octanol–water partition coefficient (Wildman–Crippen LogP) is 2.58. The average molecular weight is 410 g/mol. The molecule has 1 heterocycles. The van der Waals surface area contributed by atoms with Crippen LogP contribution in [0.1, 0.15) is 22.5 Å². The van der Waals surface area contributed by atoms with Crippen molar-refractivity contribution in [2.45, 2.75) is 26.8 Å². The number of amides is 1. The molecule has 0 radical (unpaired) electrons. The van der Waals surface area contributed by atoms with Crippen LogP contribution in [0.2, 0.25) is 0 Å². The summed E-state index contributed by atoms with van der Waals surface area (Å²) in [6, 6.07) is 7.01. The lowest BCUT2D eigenvalue weighted by Gasteiger charge is -2.07. The number of carboxylic acid groups (broad SMARTS) is 1. The van der Waals surface area contributed by atoms with Gasteiger partial charge in [0.05, 0.1) is 18.5 Å². The molecule has 0 aliphatic rings. The van der Waals surface area contributed by atoms with Crippen molar-refractivity contribution >= 4 is 21.8 Å². The summed E-state index contributed by atoms with van der Waals surface area (Å²) in [7, 11) is -3.32. The SMILES string of the molecule is Cc1nn(C/C(F)=C/CNC(=O)O)c(C)c1Cc1ccc(NS(C)(=O)=O)cc1. The second kappa shape index (κ2) is 8.87. The molecule has 0 spiro atoms. The Morgan fingerprint density at radius 3 is 2.50 bits per heavy atom. The van der Waals surface area contributed by atoms with Crippen molar-refractivity contribution in [1.82, 2.24) is 15.1 Å². The number of hydrogen-bond donors (Lipinski definition) is 3. The van der Waals surface area contributed by atoms with E-state index in [1.54, 1.807) is 12.1 Å². The third-order valence-electron chi connectivity index (χ3n) is 4.05. The molecule has 0 fully saturated rings. The van der Waals surface area contributed by atoms with Crippen LogP contribution in [-0.4, -0.2) is 42.2 Å². The minimum Gasteiger partial charge on any atom is -0.465 e. The molecule has 0 aliphatic carbocycles. The molecule has 3 N–H and O–H groups in total. The monoisotopic (exact) mass is 410 g/mol. The van der Waals surface area contributed by atoms with E-state index in [4.69, 9.17) is 5.11 Å². The Hall–Kier alpha value is -2.88. The van der Waals surface area contributed by atoms with E-state index in [9.17, 15) is 17.6 Å². The van der Waals surface area contributed by atoms with E-state index in [0.29, 0.717) is 12.1 Å². The molecule has 1 amide bonds. The van der Waals surface area contributed by atoms with Gasteiger partial charge in [-0.3, -0.25) is 9.40 Å². The number of allylic oxidation sites excluding steroid dienone is 1. The maximum absolute atomic E-state index is 14.0. The van der Waals surface area contributed by atoms with Gasteiger partial charge in [0, 0.05) is 29.9 Å². The third kappa shape index (κ3) is 6.38. The Balaban J connectivity index is 2.10. The number of aryl methyl sites for hydroxylation is 1. The molecule has 0 unspecified atom stereocenters. The molecule has 0 saturated heterocycles. The highest BCUT2D eigenvalue weighted by Crippen LogP contribution is 2.20. The Kier molecular flexibility index (Phi) is 6.79. The van der Waals surface area contributed by atoms with Gasteiger partial charge in [-0.05, 0) is 37.6 Å². The zero-order chi connectivity index (χ0) is 20.9. The number of sulfonamides is 1. The van der Waals surface area contributed by atoms with E-state index in [0.717, 1.165) is 34.8 Å². The lowest BCUT2D eigenvalue weighted by Crippen LogP contribution is -2.20. The van der Waals surface area contributed by atoms with Crippen LogP contribution in [0.25, 0.3) is 0 Å². The Bertz CT molecular complexity index is 982. The van der Waals surface area contributed by atoms with Gasteiger partial charge in [-0.1, -0.05) is 12.1 Å². The first-order valence-electron chi connectivity index (χ1n) is 8.46. The predicted molar refractivity (Wildman–Crippen MR) is 105 cm³/mol. The molecule has 0 atom stereocenters. The van der Waals surface area contributed by atoms with E-state index in [2.05, 4.69) is 15.1 Å². The van der Waals surface area contributed by atoms with Crippen LogP contribution in [0.4, 0.5) is 14.9 Å². The Morgan fingerprint density at radius 2 is 1.93 bits per heavy atom. The molecule has 0 saturated carbocycles. The molecule has 0 bridgehead atoms. The fourth-order valence-electron chi connectivity index (χ4n) is 2.71. The van der Waals surface area contributed by atoms with Crippen molar-refractivity contribution in [2.24, 2.45) is 0 Å². The number of nitrogens with zero attached hydrogens (tertiary/aromatic N) is 2. The second-order valence-corrected chi connectivity index (χ2v) is 8.14. The van der Waals surface area contributed by atoms with Gasteiger partial charge < -0.3 is 10.4 Å². The Morgan fingerprint density at radius 1 is 1.29 bits per heavy atom. The van der Waals surface area contributed by atoms with Gasteiger partial charge in [0.25, 0.3) is 0 Å². The Labute approximate surface area is 163 Å². The van der Waals surface area contributed by atoms with Gasteiger partial charge in [-0.15, -0.1) is 0 Å². The molecule has 8 nitrogen and oxygen atoms in total. The van der Waals surface area contributed by atoms with Crippen molar-refractivity contribution in [3.8, 4) is 0 Å². The maximum atomic E-state index is 14.0. The number of anilines is 1. The highest BCUT2D eigenvalue weighted by molar-refractivity contribution is 7.92. The summed E-state index contributed by atoms with van der Waals surface area (Å²) < 4.78 is 40.5.